The molecular weight excluding hydrogens is 292 g/mol. The first-order chi connectivity index (χ1) is 11.0. The van der Waals surface area contributed by atoms with Gasteiger partial charge in [0.05, 0.1) is 0 Å². The zero-order valence-corrected chi connectivity index (χ0v) is 13.2. The molecule has 5 nitrogen and oxygen atoms in total. The Morgan fingerprint density at radius 2 is 1.57 bits per heavy atom. The third-order valence-electron chi connectivity index (χ3n) is 3.50. The molecule has 5 heteroatoms. The number of carbonyl (C=O) groups excluding carboxylic acids is 1. The van der Waals surface area contributed by atoms with Crippen LogP contribution in [0, 0.1) is 0 Å². The van der Waals surface area contributed by atoms with Gasteiger partial charge in [-0.15, -0.1) is 0 Å². The van der Waals surface area contributed by atoms with Crippen LogP contribution in [0.4, 0.5) is 4.79 Å². The molecule has 1 atom stereocenters. The lowest BCUT2D eigenvalue weighted by Gasteiger charge is -2.18. The summed E-state index contributed by atoms with van der Waals surface area (Å²) in [6.07, 6.45) is 0.240. The van der Waals surface area contributed by atoms with Gasteiger partial charge in [-0.1, -0.05) is 54.6 Å². The minimum absolute atomic E-state index is 0.240. The summed E-state index contributed by atoms with van der Waals surface area (Å²) >= 11 is 0. The number of rotatable bonds is 5. The maximum absolute atomic E-state index is 11.6. The average molecular weight is 312 g/mol. The number of hydrogen-bond donors (Lipinski definition) is 2. The highest BCUT2D eigenvalue weighted by Gasteiger charge is 2.21. The highest BCUT2D eigenvalue weighted by molar-refractivity contribution is 5.82. The van der Waals surface area contributed by atoms with Crippen molar-refractivity contribution in [3.8, 4) is 11.1 Å². The van der Waals surface area contributed by atoms with Gasteiger partial charge in [-0.2, -0.15) is 0 Å². The highest BCUT2D eigenvalue weighted by atomic mass is 16.4. The summed E-state index contributed by atoms with van der Waals surface area (Å²) in [7, 11) is 3.14. The Morgan fingerprint density at radius 1 is 1.00 bits per heavy atom. The Balaban J connectivity index is 2.09. The predicted octanol–water partition coefficient (Wildman–Crippen LogP) is 2.62. The molecule has 120 valence electrons. The van der Waals surface area contributed by atoms with E-state index in [1.54, 1.807) is 14.1 Å². The minimum Gasteiger partial charge on any atom is -0.480 e. The van der Waals surface area contributed by atoms with Crippen molar-refractivity contribution in [3.05, 3.63) is 60.2 Å². The zero-order valence-electron chi connectivity index (χ0n) is 13.2. The van der Waals surface area contributed by atoms with E-state index in [2.05, 4.69) is 5.32 Å². The number of hydrogen-bond acceptors (Lipinski definition) is 2. The largest absolute Gasteiger partial charge is 0.480 e. The molecule has 0 aliphatic carbocycles. The zero-order chi connectivity index (χ0) is 16.8. The van der Waals surface area contributed by atoms with Crippen molar-refractivity contribution >= 4 is 12.0 Å². The maximum Gasteiger partial charge on any atom is 0.326 e. The Morgan fingerprint density at radius 3 is 2.09 bits per heavy atom. The first-order valence-electron chi connectivity index (χ1n) is 7.32. The Kier molecular flexibility index (Phi) is 5.36. The SMILES string of the molecule is CN(C)C(=O)N[C@@H](Cc1ccc(-c2ccccc2)cc1)C(=O)O. The quantitative estimate of drug-likeness (QED) is 0.891. The minimum atomic E-state index is -1.05. The summed E-state index contributed by atoms with van der Waals surface area (Å²) in [6, 6.07) is 16.3. The summed E-state index contributed by atoms with van der Waals surface area (Å²) in [5.74, 6) is -1.05. The van der Waals surface area contributed by atoms with Crippen LogP contribution < -0.4 is 5.32 Å². The van der Waals surface area contributed by atoms with E-state index in [0.717, 1.165) is 16.7 Å². The fourth-order valence-corrected chi connectivity index (χ4v) is 2.18. The number of aliphatic carboxylic acids is 1. The molecule has 2 rings (SSSR count). The Bertz CT molecular complexity index is 666. The van der Waals surface area contributed by atoms with E-state index < -0.39 is 18.0 Å². The first-order valence-corrected chi connectivity index (χ1v) is 7.32. The molecule has 0 saturated carbocycles. The molecule has 0 bridgehead atoms. The number of nitrogens with zero attached hydrogens (tertiary/aromatic N) is 1. The molecule has 0 aliphatic rings. The van der Waals surface area contributed by atoms with E-state index in [0.29, 0.717) is 0 Å². The van der Waals surface area contributed by atoms with E-state index in [1.807, 2.05) is 54.6 Å². The van der Waals surface area contributed by atoms with Gasteiger partial charge >= 0.3 is 12.0 Å². The van der Waals surface area contributed by atoms with Crippen molar-refractivity contribution < 1.29 is 14.7 Å². The number of urea groups is 1. The van der Waals surface area contributed by atoms with Crippen LogP contribution in [0.15, 0.2) is 54.6 Å². The van der Waals surface area contributed by atoms with Crippen molar-refractivity contribution in [1.82, 2.24) is 10.2 Å². The molecule has 0 heterocycles. The van der Waals surface area contributed by atoms with E-state index in [9.17, 15) is 14.7 Å². The molecule has 0 radical (unpaired) electrons. The van der Waals surface area contributed by atoms with Crippen LogP contribution in [0.1, 0.15) is 5.56 Å². The van der Waals surface area contributed by atoms with Crippen LogP contribution in [-0.4, -0.2) is 42.1 Å². The van der Waals surface area contributed by atoms with Crippen LogP contribution in [0.3, 0.4) is 0 Å². The lowest BCUT2D eigenvalue weighted by atomic mass is 10.0. The van der Waals surface area contributed by atoms with Crippen molar-refractivity contribution in [1.29, 1.82) is 0 Å². The maximum atomic E-state index is 11.6. The number of amides is 2. The van der Waals surface area contributed by atoms with Gasteiger partial charge in [0.15, 0.2) is 0 Å². The van der Waals surface area contributed by atoms with E-state index in [4.69, 9.17) is 0 Å². The number of carboxylic acid groups (broad SMARTS) is 1. The lowest BCUT2D eigenvalue weighted by molar-refractivity contribution is -0.139. The van der Waals surface area contributed by atoms with E-state index >= 15 is 0 Å². The van der Waals surface area contributed by atoms with Gasteiger partial charge in [0.2, 0.25) is 0 Å². The van der Waals surface area contributed by atoms with Crippen LogP contribution in [-0.2, 0) is 11.2 Å². The fourth-order valence-electron chi connectivity index (χ4n) is 2.18. The Labute approximate surface area is 135 Å². The number of benzene rings is 2. The fraction of sp³-hybridized carbons (Fsp3) is 0.222. The molecule has 2 aromatic carbocycles. The normalized spacial score (nSPS) is 11.6. The standard InChI is InChI=1S/C18H20N2O3/c1-20(2)18(23)19-16(17(21)22)12-13-8-10-15(11-9-13)14-6-4-3-5-7-14/h3-11,16H,12H2,1-2H3,(H,19,23)(H,21,22)/t16-/m0/s1. The average Bonchev–Trinajstić information content (AvgIpc) is 2.55. The summed E-state index contributed by atoms with van der Waals surface area (Å²) in [5, 5.41) is 11.8. The molecule has 0 unspecified atom stereocenters. The number of nitrogens with one attached hydrogen (secondary N) is 1. The molecule has 23 heavy (non-hydrogen) atoms. The molecule has 0 aliphatic heterocycles. The van der Waals surface area contributed by atoms with Gasteiger partial charge in [-0.3, -0.25) is 0 Å². The molecule has 2 amide bonds. The van der Waals surface area contributed by atoms with Gasteiger partial charge in [0, 0.05) is 20.5 Å². The summed E-state index contributed by atoms with van der Waals surface area (Å²) in [6.45, 7) is 0. The molecule has 0 spiro atoms. The van der Waals surface area contributed by atoms with E-state index in [1.165, 1.54) is 4.90 Å². The molecule has 2 aromatic rings. The Hall–Kier alpha value is -2.82. The third kappa shape index (κ3) is 4.57. The summed E-state index contributed by atoms with van der Waals surface area (Å²) < 4.78 is 0. The number of carboxylic acids is 1. The smallest absolute Gasteiger partial charge is 0.326 e. The van der Waals surface area contributed by atoms with Gasteiger partial charge in [0.25, 0.3) is 0 Å². The van der Waals surface area contributed by atoms with Gasteiger partial charge < -0.3 is 15.3 Å². The lowest BCUT2D eigenvalue weighted by Crippen LogP contribution is -2.46. The monoisotopic (exact) mass is 312 g/mol. The number of carbonyl (C=O) groups is 2. The van der Waals surface area contributed by atoms with Crippen molar-refractivity contribution in [3.63, 3.8) is 0 Å². The first kappa shape index (κ1) is 16.5. The van der Waals surface area contributed by atoms with Crippen LogP contribution in [0.5, 0.6) is 0 Å². The van der Waals surface area contributed by atoms with Gasteiger partial charge in [-0.05, 0) is 16.7 Å². The van der Waals surface area contributed by atoms with Gasteiger partial charge in [0.1, 0.15) is 6.04 Å². The molecule has 0 aromatic heterocycles. The van der Waals surface area contributed by atoms with Crippen molar-refractivity contribution in [2.45, 2.75) is 12.5 Å². The third-order valence-corrected chi connectivity index (χ3v) is 3.50. The topological polar surface area (TPSA) is 69.6 Å². The van der Waals surface area contributed by atoms with Crippen LogP contribution in [0.2, 0.25) is 0 Å². The molecule has 0 fully saturated rings. The predicted molar refractivity (Wildman–Crippen MR) is 89.2 cm³/mol. The summed E-state index contributed by atoms with van der Waals surface area (Å²) in [4.78, 5) is 24.3. The molecule has 2 N–H and O–H groups in total. The molecular formula is C18H20N2O3. The van der Waals surface area contributed by atoms with Gasteiger partial charge in [-0.25, -0.2) is 9.59 Å². The summed E-state index contributed by atoms with van der Waals surface area (Å²) in [5.41, 5.74) is 3.03. The molecule has 0 saturated heterocycles. The van der Waals surface area contributed by atoms with E-state index in [-0.39, 0.29) is 6.42 Å². The van der Waals surface area contributed by atoms with Crippen LogP contribution in [0.25, 0.3) is 11.1 Å². The highest BCUT2D eigenvalue weighted by Crippen LogP contribution is 2.19. The second-order valence-corrected chi connectivity index (χ2v) is 5.50. The van der Waals surface area contributed by atoms with Crippen LogP contribution >= 0.6 is 0 Å². The van der Waals surface area contributed by atoms with Crippen molar-refractivity contribution in [2.75, 3.05) is 14.1 Å². The second-order valence-electron chi connectivity index (χ2n) is 5.50. The van der Waals surface area contributed by atoms with Crippen molar-refractivity contribution in [2.24, 2.45) is 0 Å². The second kappa shape index (κ2) is 7.45.